The van der Waals surface area contributed by atoms with Gasteiger partial charge in [-0.3, -0.25) is 4.79 Å². The third kappa shape index (κ3) is 3.56. The number of nitrogens with one attached hydrogen (secondary N) is 3. The predicted molar refractivity (Wildman–Crippen MR) is 74.7 cm³/mol. The maximum atomic E-state index is 12.5. The number of imidazole rings is 1. The predicted octanol–water partition coefficient (Wildman–Crippen LogP) is 1.24. The van der Waals surface area contributed by atoms with Gasteiger partial charge in [0.15, 0.2) is 0 Å². The van der Waals surface area contributed by atoms with Crippen molar-refractivity contribution in [2.24, 2.45) is 5.41 Å². The molecule has 1 fully saturated rings. The van der Waals surface area contributed by atoms with Gasteiger partial charge in [-0.25, -0.2) is 4.98 Å². The van der Waals surface area contributed by atoms with Gasteiger partial charge in [-0.2, -0.15) is 0 Å². The van der Waals surface area contributed by atoms with Crippen molar-refractivity contribution in [1.29, 1.82) is 0 Å². The summed E-state index contributed by atoms with van der Waals surface area (Å²) >= 11 is 0. The molecule has 0 aromatic carbocycles. The number of rotatable bonds is 6. The van der Waals surface area contributed by atoms with Gasteiger partial charge in [-0.1, -0.05) is 13.3 Å². The van der Waals surface area contributed by atoms with Crippen LogP contribution in [0.25, 0.3) is 0 Å². The molecule has 2 heterocycles. The third-order valence-electron chi connectivity index (χ3n) is 3.97. The SMILES string of the molecule is CCCC1(C(=O)NCCc2ncc[nH]2)CCNCC1. The normalized spacial score (nSPS) is 18.2. The quantitative estimate of drug-likeness (QED) is 0.724. The van der Waals surface area contributed by atoms with Crippen molar-refractivity contribution in [3.8, 4) is 0 Å². The highest BCUT2D eigenvalue weighted by Crippen LogP contribution is 2.34. The first kappa shape index (κ1) is 14.1. The van der Waals surface area contributed by atoms with Crippen LogP contribution in [0.4, 0.5) is 0 Å². The minimum atomic E-state index is -0.150. The molecule has 0 saturated carbocycles. The van der Waals surface area contributed by atoms with E-state index in [0.717, 1.165) is 51.0 Å². The minimum Gasteiger partial charge on any atom is -0.355 e. The van der Waals surface area contributed by atoms with Gasteiger partial charge in [-0.05, 0) is 32.4 Å². The number of hydrogen-bond acceptors (Lipinski definition) is 3. The molecule has 1 aliphatic rings. The molecule has 1 aromatic rings. The zero-order chi connectivity index (χ0) is 13.6. The molecule has 5 heteroatoms. The Bertz CT molecular complexity index is 377. The van der Waals surface area contributed by atoms with E-state index in [9.17, 15) is 4.79 Å². The fraction of sp³-hybridized carbons (Fsp3) is 0.714. The second-order valence-electron chi connectivity index (χ2n) is 5.32. The van der Waals surface area contributed by atoms with Crippen LogP contribution < -0.4 is 10.6 Å². The highest BCUT2D eigenvalue weighted by molar-refractivity contribution is 5.82. The summed E-state index contributed by atoms with van der Waals surface area (Å²) in [4.78, 5) is 19.7. The number of aromatic nitrogens is 2. The van der Waals surface area contributed by atoms with Gasteiger partial charge >= 0.3 is 0 Å². The third-order valence-corrected chi connectivity index (χ3v) is 3.97. The Morgan fingerprint density at radius 3 is 2.89 bits per heavy atom. The van der Waals surface area contributed by atoms with E-state index in [1.807, 2.05) is 6.20 Å². The second kappa shape index (κ2) is 6.70. The van der Waals surface area contributed by atoms with Crippen molar-refractivity contribution in [2.45, 2.75) is 39.0 Å². The standard InChI is InChI=1S/C14H24N4O/c1-2-4-14(5-8-15-9-6-14)13(19)18-7-3-12-16-10-11-17-12/h10-11,15H,2-9H2,1H3,(H,16,17)(H,18,19). The molecule has 19 heavy (non-hydrogen) atoms. The van der Waals surface area contributed by atoms with E-state index in [1.54, 1.807) is 6.20 Å². The van der Waals surface area contributed by atoms with Crippen LogP contribution in [0.2, 0.25) is 0 Å². The minimum absolute atomic E-state index is 0.150. The van der Waals surface area contributed by atoms with E-state index >= 15 is 0 Å². The molecule has 0 unspecified atom stereocenters. The Balaban J connectivity index is 1.85. The maximum Gasteiger partial charge on any atom is 0.226 e. The van der Waals surface area contributed by atoms with Gasteiger partial charge in [0.1, 0.15) is 5.82 Å². The lowest BCUT2D eigenvalue weighted by atomic mass is 9.74. The van der Waals surface area contributed by atoms with Crippen LogP contribution in [-0.4, -0.2) is 35.5 Å². The molecule has 0 atom stereocenters. The zero-order valence-electron chi connectivity index (χ0n) is 11.7. The Morgan fingerprint density at radius 1 is 1.47 bits per heavy atom. The van der Waals surface area contributed by atoms with Gasteiger partial charge in [0.05, 0.1) is 5.41 Å². The second-order valence-corrected chi connectivity index (χ2v) is 5.32. The number of hydrogen-bond donors (Lipinski definition) is 3. The molecule has 1 saturated heterocycles. The summed E-state index contributed by atoms with van der Waals surface area (Å²) in [5.74, 6) is 1.15. The lowest BCUT2D eigenvalue weighted by molar-refractivity contribution is -0.133. The lowest BCUT2D eigenvalue weighted by Gasteiger charge is -2.36. The molecule has 0 bridgehead atoms. The molecule has 1 aliphatic heterocycles. The smallest absolute Gasteiger partial charge is 0.226 e. The van der Waals surface area contributed by atoms with Crippen LogP contribution in [0.3, 0.4) is 0 Å². The van der Waals surface area contributed by atoms with Crippen molar-refractivity contribution in [3.63, 3.8) is 0 Å². The number of aromatic amines is 1. The van der Waals surface area contributed by atoms with Gasteiger partial charge < -0.3 is 15.6 Å². The first-order chi connectivity index (χ1) is 9.27. The average molecular weight is 264 g/mol. The molecule has 5 nitrogen and oxygen atoms in total. The van der Waals surface area contributed by atoms with Crippen molar-refractivity contribution >= 4 is 5.91 Å². The lowest BCUT2D eigenvalue weighted by Crippen LogP contribution is -2.48. The highest BCUT2D eigenvalue weighted by Gasteiger charge is 2.38. The summed E-state index contributed by atoms with van der Waals surface area (Å²) in [6.07, 6.45) is 8.26. The van der Waals surface area contributed by atoms with E-state index in [4.69, 9.17) is 0 Å². The van der Waals surface area contributed by atoms with Gasteiger partial charge in [0.2, 0.25) is 5.91 Å². The number of carbonyl (C=O) groups excluding carboxylic acids is 1. The monoisotopic (exact) mass is 264 g/mol. The van der Waals surface area contributed by atoms with E-state index in [-0.39, 0.29) is 11.3 Å². The molecular formula is C14H24N4O. The van der Waals surface area contributed by atoms with Crippen molar-refractivity contribution < 1.29 is 4.79 Å². The number of H-pyrrole nitrogens is 1. The number of carbonyl (C=O) groups is 1. The van der Waals surface area contributed by atoms with Crippen LogP contribution in [0, 0.1) is 5.41 Å². The molecule has 0 aliphatic carbocycles. The number of nitrogens with zero attached hydrogens (tertiary/aromatic N) is 1. The van der Waals surface area contributed by atoms with Crippen molar-refractivity contribution in [2.75, 3.05) is 19.6 Å². The number of amides is 1. The fourth-order valence-electron chi connectivity index (χ4n) is 2.89. The van der Waals surface area contributed by atoms with Crippen molar-refractivity contribution in [1.82, 2.24) is 20.6 Å². The molecule has 0 spiro atoms. The molecule has 106 valence electrons. The van der Waals surface area contributed by atoms with Crippen LogP contribution in [-0.2, 0) is 11.2 Å². The summed E-state index contributed by atoms with van der Waals surface area (Å²) in [6.45, 7) is 4.71. The average Bonchev–Trinajstić information content (AvgIpc) is 2.93. The number of piperidine rings is 1. The summed E-state index contributed by atoms with van der Waals surface area (Å²) in [5, 5.41) is 6.43. The van der Waals surface area contributed by atoms with Gasteiger partial charge in [-0.15, -0.1) is 0 Å². The van der Waals surface area contributed by atoms with Gasteiger partial charge in [0, 0.05) is 25.4 Å². The summed E-state index contributed by atoms with van der Waals surface area (Å²) in [5.41, 5.74) is -0.150. The summed E-state index contributed by atoms with van der Waals surface area (Å²) in [6, 6.07) is 0. The van der Waals surface area contributed by atoms with Gasteiger partial charge in [0.25, 0.3) is 0 Å². The Kier molecular flexibility index (Phi) is 4.96. The zero-order valence-corrected chi connectivity index (χ0v) is 11.7. The topological polar surface area (TPSA) is 69.8 Å². The molecule has 1 aromatic heterocycles. The Labute approximate surface area is 114 Å². The molecule has 1 amide bonds. The molecule has 3 N–H and O–H groups in total. The van der Waals surface area contributed by atoms with Crippen LogP contribution in [0.1, 0.15) is 38.4 Å². The highest BCUT2D eigenvalue weighted by atomic mass is 16.2. The van der Waals surface area contributed by atoms with E-state index in [1.165, 1.54) is 0 Å². The van der Waals surface area contributed by atoms with Crippen LogP contribution >= 0.6 is 0 Å². The summed E-state index contributed by atoms with van der Waals surface area (Å²) < 4.78 is 0. The first-order valence-electron chi connectivity index (χ1n) is 7.24. The van der Waals surface area contributed by atoms with E-state index in [0.29, 0.717) is 6.54 Å². The van der Waals surface area contributed by atoms with Crippen LogP contribution in [0.15, 0.2) is 12.4 Å². The van der Waals surface area contributed by atoms with E-state index in [2.05, 4.69) is 27.5 Å². The summed E-state index contributed by atoms with van der Waals surface area (Å²) in [7, 11) is 0. The fourth-order valence-corrected chi connectivity index (χ4v) is 2.89. The Morgan fingerprint density at radius 2 is 2.26 bits per heavy atom. The Hall–Kier alpha value is -1.36. The largest absolute Gasteiger partial charge is 0.355 e. The maximum absolute atomic E-state index is 12.5. The first-order valence-corrected chi connectivity index (χ1v) is 7.24. The van der Waals surface area contributed by atoms with E-state index < -0.39 is 0 Å². The molecule has 2 rings (SSSR count). The molecule has 0 radical (unpaired) electrons. The molecular weight excluding hydrogens is 240 g/mol. The van der Waals surface area contributed by atoms with Crippen molar-refractivity contribution in [3.05, 3.63) is 18.2 Å². The van der Waals surface area contributed by atoms with Crippen LogP contribution in [0.5, 0.6) is 0 Å².